The van der Waals surface area contributed by atoms with Crippen molar-refractivity contribution in [1.29, 1.82) is 0 Å². The number of para-hydroxylation sites is 1. The van der Waals surface area contributed by atoms with Crippen LogP contribution in [0.2, 0.25) is 0 Å². The molecule has 0 atom stereocenters. The van der Waals surface area contributed by atoms with Crippen molar-refractivity contribution in [3.8, 4) is 0 Å². The van der Waals surface area contributed by atoms with Gasteiger partial charge in [-0.1, -0.05) is 146 Å². The monoisotopic (exact) mass is 499 g/mol. The average Bonchev–Trinajstić information content (AvgIpc) is 2.93. The highest BCUT2D eigenvalue weighted by Gasteiger charge is 2.15. The average molecular weight is 500 g/mol. The summed E-state index contributed by atoms with van der Waals surface area (Å²) in [6.45, 7) is 3.37. The lowest BCUT2D eigenvalue weighted by molar-refractivity contribution is -0.110. The first kappa shape index (κ1) is 29.0. The Morgan fingerprint density at radius 1 is 0.622 bits per heavy atom. The van der Waals surface area contributed by atoms with Crippen LogP contribution in [0.5, 0.6) is 0 Å². The predicted octanol–water partition coefficient (Wildman–Crippen LogP) is 10.3. The molecule has 0 saturated heterocycles. The van der Waals surface area contributed by atoms with Crippen LogP contribution in [0.15, 0.2) is 78.6 Å². The number of unbranched alkanes of at least 4 members (excludes halogenated alkanes) is 15. The van der Waals surface area contributed by atoms with Gasteiger partial charge in [-0.3, -0.25) is 4.79 Å². The van der Waals surface area contributed by atoms with Gasteiger partial charge in [-0.25, -0.2) is 0 Å². The van der Waals surface area contributed by atoms with Crippen LogP contribution in [0.3, 0.4) is 0 Å². The van der Waals surface area contributed by atoms with Gasteiger partial charge in [0.25, 0.3) is 0 Å². The van der Waals surface area contributed by atoms with Gasteiger partial charge in [-0.05, 0) is 41.9 Å². The van der Waals surface area contributed by atoms with Crippen molar-refractivity contribution < 1.29 is 4.79 Å². The first-order chi connectivity index (χ1) is 18.3. The van der Waals surface area contributed by atoms with E-state index in [1.807, 2.05) is 12.2 Å². The van der Waals surface area contributed by atoms with E-state index >= 15 is 0 Å². The number of carbonyl (C=O) groups excluding carboxylic acids is 1. The molecule has 0 amide bonds. The van der Waals surface area contributed by atoms with E-state index < -0.39 is 0 Å². The Morgan fingerprint density at radius 2 is 1.16 bits per heavy atom. The highest BCUT2D eigenvalue weighted by atomic mass is 16.1. The van der Waals surface area contributed by atoms with Crippen LogP contribution in [-0.4, -0.2) is 12.3 Å². The molecule has 0 bridgehead atoms. The van der Waals surface area contributed by atoms with E-state index in [2.05, 4.69) is 60.5 Å². The number of ketones is 1. The van der Waals surface area contributed by atoms with Gasteiger partial charge >= 0.3 is 0 Å². The Labute approximate surface area is 226 Å². The summed E-state index contributed by atoms with van der Waals surface area (Å²) in [5, 5.41) is 0. The fraction of sp³-hybridized carbons (Fsp3) is 0.514. The number of benzene rings is 1. The molecule has 3 rings (SSSR count). The van der Waals surface area contributed by atoms with Crippen LogP contribution >= 0.6 is 0 Å². The Kier molecular flexibility index (Phi) is 13.9. The second-order valence-corrected chi connectivity index (χ2v) is 10.7. The molecule has 0 unspecified atom stereocenters. The Hall–Kier alpha value is -2.61. The molecule has 0 spiro atoms. The van der Waals surface area contributed by atoms with Crippen molar-refractivity contribution >= 4 is 17.0 Å². The minimum absolute atomic E-state index is 0.0532. The van der Waals surface area contributed by atoms with Gasteiger partial charge in [0.2, 0.25) is 0 Å². The number of anilines is 1. The minimum Gasteiger partial charge on any atom is -0.347 e. The van der Waals surface area contributed by atoms with E-state index in [4.69, 9.17) is 0 Å². The fourth-order valence-corrected chi connectivity index (χ4v) is 5.24. The van der Waals surface area contributed by atoms with Crippen molar-refractivity contribution in [2.75, 3.05) is 11.4 Å². The first-order valence-electron chi connectivity index (χ1n) is 15.1. The summed E-state index contributed by atoms with van der Waals surface area (Å²) >= 11 is 0. The smallest absolute Gasteiger partial charge is 0.178 e. The third-order valence-corrected chi connectivity index (χ3v) is 7.55. The van der Waals surface area contributed by atoms with Crippen LogP contribution in [-0.2, 0) is 4.79 Å². The molecule has 1 aromatic carbocycles. The van der Waals surface area contributed by atoms with Crippen molar-refractivity contribution in [1.82, 2.24) is 0 Å². The molecule has 0 saturated carbocycles. The first-order valence-corrected chi connectivity index (χ1v) is 15.1. The van der Waals surface area contributed by atoms with Crippen LogP contribution < -0.4 is 4.90 Å². The summed E-state index contributed by atoms with van der Waals surface area (Å²) in [7, 11) is 0. The third kappa shape index (κ3) is 11.1. The molecular formula is C35H49NO. The fourth-order valence-electron chi connectivity index (χ4n) is 5.24. The Morgan fingerprint density at radius 3 is 1.76 bits per heavy atom. The number of hydrogen-bond acceptors (Lipinski definition) is 2. The second kappa shape index (κ2) is 17.8. The molecule has 1 heterocycles. The summed E-state index contributed by atoms with van der Waals surface area (Å²) in [4.78, 5) is 13.7. The maximum Gasteiger partial charge on any atom is 0.178 e. The van der Waals surface area contributed by atoms with Gasteiger partial charge in [0, 0.05) is 24.0 Å². The van der Waals surface area contributed by atoms with E-state index in [-0.39, 0.29) is 5.78 Å². The maximum atomic E-state index is 11.3. The molecule has 0 radical (unpaired) electrons. The molecule has 2 aliphatic rings. The molecule has 0 aromatic heterocycles. The number of carbonyl (C=O) groups is 1. The number of rotatable bonds is 18. The quantitative estimate of drug-likeness (QED) is 0.187. The topological polar surface area (TPSA) is 20.3 Å². The van der Waals surface area contributed by atoms with Crippen LogP contribution in [0.1, 0.15) is 115 Å². The van der Waals surface area contributed by atoms with Gasteiger partial charge in [-0.2, -0.15) is 0 Å². The van der Waals surface area contributed by atoms with Gasteiger partial charge in [0.15, 0.2) is 5.78 Å². The SMILES string of the molecule is CCCCCCCCCCCCCCCCCCN1C=CC(=CC=C2C=CC(=O)C=C2)c2ccccc21. The predicted molar refractivity (Wildman–Crippen MR) is 162 cm³/mol. The molecule has 1 aromatic rings. The molecule has 0 fully saturated rings. The van der Waals surface area contributed by atoms with Crippen molar-refractivity contribution in [3.05, 3.63) is 84.1 Å². The molecule has 2 heteroatoms. The number of fused-ring (bicyclic) bond motifs is 1. The molecule has 0 N–H and O–H groups in total. The largest absolute Gasteiger partial charge is 0.347 e. The highest BCUT2D eigenvalue weighted by molar-refractivity contribution is 6.01. The van der Waals surface area contributed by atoms with Gasteiger partial charge < -0.3 is 4.90 Å². The lowest BCUT2D eigenvalue weighted by Crippen LogP contribution is -2.21. The van der Waals surface area contributed by atoms with Crippen molar-refractivity contribution in [2.24, 2.45) is 0 Å². The Balaban J connectivity index is 1.27. The van der Waals surface area contributed by atoms with Crippen LogP contribution in [0.25, 0.3) is 5.57 Å². The standard InChI is InChI=1S/C35H49NO/c1-2-3-4-5-6-7-8-9-10-11-12-13-14-15-16-19-29-36-30-28-32(34-20-17-18-21-35(34)36)25-22-31-23-26-33(37)27-24-31/h17-18,20-28,30H,2-16,19,29H2,1H3. The van der Waals surface area contributed by atoms with E-state index in [9.17, 15) is 4.79 Å². The lowest BCUT2D eigenvalue weighted by atomic mass is 9.98. The van der Waals surface area contributed by atoms with Crippen molar-refractivity contribution in [3.63, 3.8) is 0 Å². The maximum absolute atomic E-state index is 11.3. The van der Waals surface area contributed by atoms with E-state index in [1.165, 1.54) is 120 Å². The summed E-state index contributed by atoms with van der Waals surface area (Å²) in [6, 6.07) is 8.68. The van der Waals surface area contributed by atoms with Crippen molar-refractivity contribution in [2.45, 2.75) is 110 Å². The normalized spacial score (nSPS) is 15.6. The number of allylic oxidation sites excluding steroid dienone is 9. The van der Waals surface area contributed by atoms with E-state index in [0.29, 0.717) is 0 Å². The van der Waals surface area contributed by atoms with Gasteiger partial charge in [0.1, 0.15) is 0 Å². The molecule has 1 aliphatic heterocycles. The number of hydrogen-bond donors (Lipinski definition) is 0. The third-order valence-electron chi connectivity index (χ3n) is 7.55. The van der Waals surface area contributed by atoms with E-state index in [0.717, 1.165) is 12.1 Å². The highest BCUT2D eigenvalue weighted by Crippen LogP contribution is 2.33. The summed E-state index contributed by atoms with van der Waals surface area (Å²) in [5.41, 5.74) is 4.83. The van der Waals surface area contributed by atoms with Crippen LogP contribution in [0, 0.1) is 0 Å². The lowest BCUT2D eigenvalue weighted by Gasteiger charge is -2.27. The summed E-state index contributed by atoms with van der Waals surface area (Å²) in [6.07, 6.45) is 38.2. The van der Waals surface area contributed by atoms with Crippen LogP contribution in [0.4, 0.5) is 5.69 Å². The minimum atomic E-state index is 0.0532. The molecule has 2 nitrogen and oxygen atoms in total. The zero-order chi connectivity index (χ0) is 26.0. The number of nitrogens with zero attached hydrogens (tertiary/aromatic N) is 1. The second-order valence-electron chi connectivity index (χ2n) is 10.7. The molecule has 200 valence electrons. The summed E-state index contributed by atoms with van der Waals surface area (Å²) < 4.78 is 0. The van der Waals surface area contributed by atoms with Gasteiger partial charge in [-0.15, -0.1) is 0 Å². The Bertz CT molecular complexity index is 943. The zero-order valence-electron chi connectivity index (χ0n) is 23.3. The van der Waals surface area contributed by atoms with Gasteiger partial charge in [0.05, 0.1) is 0 Å². The van der Waals surface area contributed by atoms with E-state index in [1.54, 1.807) is 12.2 Å². The molecule has 1 aliphatic carbocycles. The molecule has 37 heavy (non-hydrogen) atoms. The summed E-state index contributed by atoms with van der Waals surface area (Å²) in [5.74, 6) is 0.0532. The zero-order valence-corrected chi connectivity index (χ0v) is 23.3. The molecular weight excluding hydrogens is 450 g/mol.